The van der Waals surface area contributed by atoms with Crippen molar-refractivity contribution in [3.05, 3.63) is 25.3 Å². The SMILES string of the molecule is C=CC(=O)OC.C=CC(=O)OC(CC)S(=O)(=O)O. The van der Waals surface area contributed by atoms with E-state index in [1.54, 1.807) is 0 Å². The second-order valence-electron chi connectivity index (χ2n) is 2.72. The van der Waals surface area contributed by atoms with Gasteiger partial charge >= 0.3 is 22.1 Å². The van der Waals surface area contributed by atoms with Crippen molar-refractivity contribution in [2.24, 2.45) is 0 Å². The molecule has 18 heavy (non-hydrogen) atoms. The van der Waals surface area contributed by atoms with E-state index in [4.69, 9.17) is 4.55 Å². The number of carbonyl (C=O) groups is 2. The summed E-state index contributed by atoms with van der Waals surface area (Å²) in [4.78, 5) is 20.4. The first kappa shape index (κ1) is 18.7. The first-order valence-corrected chi connectivity index (χ1v) is 6.22. The summed E-state index contributed by atoms with van der Waals surface area (Å²) in [5.41, 5.74) is -1.50. The molecular weight excluding hydrogens is 264 g/mol. The van der Waals surface area contributed by atoms with E-state index in [1.165, 1.54) is 14.0 Å². The van der Waals surface area contributed by atoms with Gasteiger partial charge in [0, 0.05) is 12.2 Å². The zero-order valence-corrected chi connectivity index (χ0v) is 11.0. The van der Waals surface area contributed by atoms with E-state index in [0.29, 0.717) is 0 Å². The van der Waals surface area contributed by atoms with Gasteiger partial charge in [-0.1, -0.05) is 20.1 Å². The van der Waals surface area contributed by atoms with Crippen LogP contribution in [-0.2, 0) is 29.2 Å². The van der Waals surface area contributed by atoms with Gasteiger partial charge in [-0.05, 0) is 6.42 Å². The zero-order valence-electron chi connectivity index (χ0n) is 10.2. The summed E-state index contributed by atoms with van der Waals surface area (Å²) in [6.07, 6.45) is 1.94. The van der Waals surface area contributed by atoms with E-state index in [2.05, 4.69) is 22.6 Å². The molecule has 1 N–H and O–H groups in total. The van der Waals surface area contributed by atoms with Crippen molar-refractivity contribution in [1.29, 1.82) is 0 Å². The van der Waals surface area contributed by atoms with E-state index in [9.17, 15) is 18.0 Å². The van der Waals surface area contributed by atoms with Gasteiger partial charge in [0.2, 0.25) is 5.44 Å². The van der Waals surface area contributed by atoms with Crippen LogP contribution in [0.15, 0.2) is 25.3 Å². The number of ether oxygens (including phenoxy) is 2. The van der Waals surface area contributed by atoms with Crippen LogP contribution < -0.4 is 0 Å². The maximum Gasteiger partial charge on any atom is 0.331 e. The van der Waals surface area contributed by atoms with E-state index < -0.39 is 27.5 Å². The minimum absolute atomic E-state index is 0.00157. The molecule has 0 rings (SSSR count). The lowest BCUT2D eigenvalue weighted by molar-refractivity contribution is -0.139. The molecule has 0 bridgehead atoms. The molecule has 0 heterocycles. The third-order valence-corrected chi connectivity index (χ3v) is 2.54. The van der Waals surface area contributed by atoms with Crippen LogP contribution in [0.1, 0.15) is 13.3 Å². The van der Waals surface area contributed by atoms with Crippen LogP contribution in [0.25, 0.3) is 0 Å². The van der Waals surface area contributed by atoms with Crippen molar-refractivity contribution in [1.82, 2.24) is 0 Å². The van der Waals surface area contributed by atoms with Gasteiger partial charge in [-0.2, -0.15) is 8.42 Å². The molecule has 8 heteroatoms. The van der Waals surface area contributed by atoms with E-state index >= 15 is 0 Å². The molecule has 0 aromatic carbocycles. The Labute approximate surface area is 106 Å². The molecule has 0 saturated heterocycles. The predicted molar refractivity (Wildman–Crippen MR) is 64.1 cm³/mol. The predicted octanol–water partition coefficient (Wildman–Crippen LogP) is 0.685. The third-order valence-electron chi connectivity index (χ3n) is 1.45. The molecule has 0 amide bonds. The van der Waals surface area contributed by atoms with Crippen molar-refractivity contribution in [2.45, 2.75) is 18.8 Å². The van der Waals surface area contributed by atoms with Gasteiger partial charge in [-0.3, -0.25) is 4.55 Å². The standard InChI is InChI=1S/C6H10O5S.C4H6O2/c1-3-5(7)11-6(4-2)12(8,9)10;1-3-4(5)6-2/h3,6H,1,4H2,2H3,(H,8,9,10);3H,1H2,2H3. The van der Waals surface area contributed by atoms with Crippen molar-refractivity contribution in [3.63, 3.8) is 0 Å². The molecule has 0 spiro atoms. The van der Waals surface area contributed by atoms with Gasteiger partial charge < -0.3 is 9.47 Å². The first-order chi connectivity index (χ1) is 8.22. The molecule has 0 saturated carbocycles. The number of hydrogen-bond acceptors (Lipinski definition) is 6. The summed E-state index contributed by atoms with van der Waals surface area (Å²) < 4.78 is 37.9. The Morgan fingerprint density at radius 1 is 1.28 bits per heavy atom. The lowest BCUT2D eigenvalue weighted by Gasteiger charge is -2.10. The topological polar surface area (TPSA) is 107 Å². The van der Waals surface area contributed by atoms with Crippen LogP contribution in [0, 0.1) is 0 Å². The number of methoxy groups -OCH3 is 1. The highest BCUT2D eigenvalue weighted by atomic mass is 32.2. The quantitative estimate of drug-likeness (QED) is 0.448. The summed E-state index contributed by atoms with van der Waals surface area (Å²) in [5, 5.41) is 0. The highest BCUT2D eigenvalue weighted by molar-refractivity contribution is 7.86. The van der Waals surface area contributed by atoms with Crippen molar-refractivity contribution >= 4 is 22.1 Å². The smallest absolute Gasteiger partial charge is 0.331 e. The zero-order chi connectivity index (χ0) is 14.8. The normalized spacial score (nSPS) is 11.3. The fourth-order valence-electron chi connectivity index (χ4n) is 0.616. The summed E-state index contributed by atoms with van der Waals surface area (Å²) in [7, 11) is -3.00. The molecule has 1 atom stereocenters. The fourth-order valence-corrected chi connectivity index (χ4v) is 1.25. The third kappa shape index (κ3) is 9.55. The number of rotatable bonds is 5. The van der Waals surface area contributed by atoms with Crippen LogP contribution in [0.3, 0.4) is 0 Å². The second kappa shape index (κ2) is 9.37. The average Bonchev–Trinajstić information content (AvgIpc) is 2.33. The minimum atomic E-state index is -4.31. The van der Waals surface area contributed by atoms with Crippen LogP contribution in [0.5, 0.6) is 0 Å². The van der Waals surface area contributed by atoms with E-state index in [0.717, 1.165) is 12.2 Å². The first-order valence-electron chi connectivity index (χ1n) is 4.72. The molecule has 0 aromatic heterocycles. The average molecular weight is 280 g/mol. The molecule has 0 fully saturated rings. The van der Waals surface area contributed by atoms with Crippen molar-refractivity contribution in [3.8, 4) is 0 Å². The highest BCUT2D eigenvalue weighted by Crippen LogP contribution is 2.05. The molecule has 0 aliphatic carbocycles. The molecule has 1 unspecified atom stereocenters. The van der Waals surface area contributed by atoms with Gasteiger partial charge in [0.15, 0.2) is 0 Å². The maximum atomic E-state index is 10.5. The van der Waals surface area contributed by atoms with Gasteiger partial charge in [0.1, 0.15) is 0 Å². The maximum absolute atomic E-state index is 10.5. The molecule has 0 aliphatic rings. The number of carbonyl (C=O) groups excluding carboxylic acids is 2. The van der Waals surface area contributed by atoms with Crippen LogP contribution in [0.4, 0.5) is 0 Å². The van der Waals surface area contributed by atoms with Crippen LogP contribution >= 0.6 is 0 Å². The van der Waals surface area contributed by atoms with Crippen LogP contribution in [0.2, 0.25) is 0 Å². The Hall–Kier alpha value is -1.67. The lowest BCUT2D eigenvalue weighted by Crippen LogP contribution is -2.25. The fraction of sp³-hybridized carbons (Fsp3) is 0.400. The molecule has 0 aromatic rings. The Morgan fingerprint density at radius 3 is 1.89 bits per heavy atom. The Bertz CT molecular complexity index is 396. The minimum Gasteiger partial charge on any atom is -0.466 e. The van der Waals surface area contributed by atoms with Crippen molar-refractivity contribution < 1.29 is 32.0 Å². The van der Waals surface area contributed by atoms with Crippen LogP contribution in [-0.4, -0.2) is 37.5 Å². The Kier molecular flexibility index (Phi) is 9.73. The molecule has 7 nitrogen and oxygen atoms in total. The molecular formula is C10H16O7S. The van der Waals surface area contributed by atoms with Gasteiger partial charge in [-0.25, -0.2) is 9.59 Å². The van der Waals surface area contributed by atoms with Gasteiger partial charge in [0.25, 0.3) is 0 Å². The second-order valence-corrected chi connectivity index (χ2v) is 4.28. The summed E-state index contributed by atoms with van der Waals surface area (Å²) in [6, 6.07) is 0. The largest absolute Gasteiger partial charge is 0.466 e. The van der Waals surface area contributed by atoms with Gasteiger partial charge in [0.05, 0.1) is 7.11 Å². The lowest BCUT2D eigenvalue weighted by atomic mass is 10.5. The number of esters is 2. The van der Waals surface area contributed by atoms with E-state index in [1.807, 2.05) is 0 Å². The number of hydrogen-bond donors (Lipinski definition) is 1. The Morgan fingerprint density at radius 2 is 1.72 bits per heavy atom. The van der Waals surface area contributed by atoms with Crippen molar-refractivity contribution in [2.75, 3.05) is 7.11 Å². The van der Waals surface area contributed by atoms with Gasteiger partial charge in [-0.15, -0.1) is 0 Å². The molecule has 0 radical (unpaired) electrons. The monoisotopic (exact) mass is 280 g/mol. The van der Waals surface area contributed by atoms with E-state index in [-0.39, 0.29) is 6.42 Å². The Balaban J connectivity index is 0. The summed E-state index contributed by atoms with van der Waals surface area (Å²) in [5.74, 6) is -1.27. The molecule has 0 aliphatic heterocycles. The summed E-state index contributed by atoms with van der Waals surface area (Å²) >= 11 is 0. The summed E-state index contributed by atoms with van der Waals surface area (Å²) in [6.45, 7) is 7.70. The molecule has 104 valence electrons. The highest BCUT2D eigenvalue weighted by Gasteiger charge is 2.23.